The van der Waals surface area contributed by atoms with Crippen molar-refractivity contribution in [2.75, 3.05) is 0 Å². The number of rotatable bonds is 33. The molecule has 0 bridgehead atoms. The molecular weight excluding hydrogens is 544 g/mol. The highest BCUT2D eigenvalue weighted by atomic mass is 16.5. The van der Waals surface area contributed by atoms with Crippen LogP contribution in [-0.2, 0) is 14.3 Å². The van der Waals surface area contributed by atoms with Crippen molar-refractivity contribution in [1.82, 2.24) is 0 Å². The standard InChI is InChI=1S/C40H70O4/c1-3-5-7-9-11-13-15-16-17-18-19-20-21-22-23-25-27-29-31-37-40(43)44-38(35-32-33-36-39(41)42)34-30-28-26-24-14-12-10-8-6-4-2/h11,13,16-17,19-20,22-23,38H,3-10,12,14-15,18,21,24-37H2,1-2H3,(H,41,42)/b13-11-,17-16-,20-19-,23-22-. The van der Waals surface area contributed by atoms with E-state index in [1.54, 1.807) is 0 Å². The topological polar surface area (TPSA) is 63.6 Å². The van der Waals surface area contributed by atoms with E-state index in [2.05, 4.69) is 62.5 Å². The summed E-state index contributed by atoms with van der Waals surface area (Å²) < 4.78 is 5.86. The maximum Gasteiger partial charge on any atom is 0.306 e. The maximum atomic E-state index is 12.5. The van der Waals surface area contributed by atoms with Crippen molar-refractivity contribution in [2.45, 2.75) is 193 Å². The molecule has 1 atom stereocenters. The molecule has 0 radical (unpaired) electrons. The van der Waals surface area contributed by atoms with Gasteiger partial charge in [-0.3, -0.25) is 9.59 Å². The first-order chi connectivity index (χ1) is 21.6. The van der Waals surface area contributed by atoms with Crippen LogP contribution in [0.5, 0.6) is 0 Å². The van der Waals surface area contributed by atoms with Crippen LogP contribution in [0.3, 0.4) is 0 Å². The van der Waals surface area contributed by atoms with Gasteiger partial charge in [0.2, 0.25) is 0 Å². The van der Waals surface area contributed by atoms with E-state index in [1.165, 1.54) is 83.5 Å². The van der Waals surface area contributed by atoms with Gasteiger partial charge in [0.25, 0.3) is 0 Å². The van der Waals surface area contributed by atoms with Crippen molar-refractivity contribution in [3.05, 3.63) is 48.6 Å². The number of aliphatic carboxylic acids is 1. The fraction of sp³-hybridized carbons (Fsp3) is 0.750. The first-order valence-corrected chi connectivity index (χ1v) is 18.6. The van der Waals surface area contributed by atoms with Crippen LogP contribution >= 0.6 is 0 Å². The van der Waals surface area contributed by atoms with Crippen molar-refractivity contribution in [1.29, 1.82) is 0 Å². The summed E-state index contributed by atoms with van der Waals surface area (Å²) in [7, 11) is 0. The van der Waals surface area contributed by atoms with Crippen LogP contribution < -0.4 is 0 Å². The molecule has 4 nitrogen and oxygen atoms in total. The number of hydrogen-bond acceptors (Lipinski definition) is 3. The van der Waals surface area contributed by atoms with Crippen molar-refractivity contribution in [2.24, 2.45) is 0 Å². The van der Waals surface area contributed by atoms with E-state index in [1.807, 2.05) is 0 Å². The molecule has 44 heavy (non-hydrogen) atoms. The van der Waals surface area contributed by atoms with E-state index in [-0.39, 0.29) is 18.5 Å². The Hall–Kier alpha value is -2.10. The molecule has 4 heteroatoms. The molecule has 0 amide bonds. The predicted molar refractivity (Wildman–Crippen MR) is 190 cm³/mol. The largest absolute Gasteiger partial charge is 0.481 e. The van der Waals surface area contributed by atoms with Gasteiger partial charge in [-0.1, -0.05) is 140 Å². The molecule has 0 saturated heterocycles. The smallest absolute Gasteiger partial charge is 0.306 e. The van der Waals surface area contributed by atoms with Gasteiger partial charge in [0.1, 0.15) is 6.10 Å². The van der Waals surface area contributed by atoms with Crippen molar-refractivity contribution < 1.29 is 19.4 Å². The molecule has 0 rings (SSSR count). The average Bonchev–Trinajstić information content (AvgIpc) is 3.01. The lowest BCUT2D eigenvalue weighted by Crippen LogP contribution is -2.18. The minimum absolute atomic E-state index is 0.0611. The Morgan fingerprint density at radius 2 is 0.886 bits per heavy atom. The molecule has 0 spiro atoms. The van der Waals surface area contributed by atoms with E-state index in [0.29, 0.717) is 12.8 Å². The van der Waals surface area contributed by atoms with Gasteiger partial charge >= 0.3 is 11.9 Å². The SMILES string of the molecule is CCCCC/C=C\C/C=C\C/C=C\C/C=C\CCCCCC(=O)OC(CCCCCCCCCCCC)CCCCC(=O)O. The fourth-order valence-corrected chi connectivity index (χ4v) is 5.28. The molecule has 0 aromatic carbocycles. The molecule has 0 aromatic rings. The van der Waals surface area contributed by atoms with Crippen LogP contribution in [0.15, 0.2) is 48.6 Å². The summed E-state index contributed by atoms with van der Waals surface area (Å²) in [6, 6.07) is 0. The Kier molecular flexibility index (Phi) is 33.7. The quantitative estimate of drug-likeness (QED) is 0.0454. The molecular formula is C40H70O4. The number of carboxylic acids is 1. The Balaban J connectivity index is 3.96. The summed E-state index contributed by atoms with van der Waals surface area (Å²) in [4.78, 5) is 23.4. The van der Waals surface area contributed by atoms with Crippen LogP contribution in [-0.4, -0.2) is 23.1 Å². The van der Waals surface area contributed by atoms with Crippen LogP contribution in [0.2, 0.25) is 0 Å². The minimum Gasteiger partial charge on any atom is -0.481 e. The van der Waals surface area contributed by atoms with Gasteiger partial charge in [0.05, 0.1) is 0 Å². The number of ether oxygens (including phenoxy) is 1. The van der Waals surface area contributed by atoms with Crippen molar-refractivity contribution >= 4 is 11.9 Å². The molecule has 1 N–H and O–H groups in total. The number of carbonyl (C=O) groups is 2. The van der Waals surface area contributed by atoms with Crippen LogP contribution in [0.25, 0.3) is 0 Å². The third-order valence-electron chi connectivity index (χ3n) is 8.05. The van der Waals surface area contributed by atoms with E-state index in [4.69, 9.17) is 9.84 Å². The van der Waals surface area contributed by atoms with Crippen LogP contribution in [0.4, 0.5) is 0 Å². The second kappa shape index (κ2) is 35.4. The van der Waals surface area contributed by atoms with Gasteiger partial charge in [-0.2, -0.15) is 0 Å². The van der Waals surface area contributed by atoms with E-state index >= 15 is 0 Å². The average molecular weight is 615 g/mol. The minimum atomic E-state index is -0.751. The van der Waals surface area contributed by atoms with E-state index in [9.17, 15) is 9.59 Å². The number of unbranched alkanes of at least 4 members (excludes halogenated alkanes) is 16. The molecule has 0 aromatic heterocycles. The molecule has 0 aliphatic carbocycles. The zero-order chi connectivity index (χ0) is 32.2. The number of allylic oxidation sites excluding steroid dienone is 8. The van der Waals surface area contributed by atoms with Gasteiger partial charge in [-0.05, 0) is 83.5 Å². The third-order valence-corrected chi connectivity index (χ3v) is 8.05. The number of carbonyl (C=O) groups excluding carboxylic acids is 1. The predicted octanol–water partition coefficient (Wildman–Crippen LogP) is 12.8. The number of hydrogen-bond donors (Lipinski definition) is 1. The van der Waals surface area contributed by atoms with Crippen LogP contribution in [0, 0.1) is 0 Å². The lowest BCUT2D eigenvalue weighted by Gasteiger charge is -2.18. The molecule has 0 heterocycles. The summed E-state index contributed by atoms with van der Waals surface area (Å²) in [5.41, 5.74) is 0. The highest BCUT2D eigenvalue weighted by Gasteiger charge is 2.14. The number of carboxylic acid groups (broad SMARTS) is 1. The second-order valence-corrected chi connectivity index (χ2v) is 12.4. The summed E-state index contributed by atoms with van der Waals surface area (Å²) in [6.07, 6.45) is 46.9. The van der Waals surface area contributed by atoms with Gasteiger partial charge in [-0.15, -0.1) is 0 Å². The highest BCUT2D eigenvalue weighted by Crippen LogP contribution is 2.18. The summed E-state index contributed by atoms with van der Waals surface area (Å²) in [6.45, 7) is 4.50. The Bertz CT molecular complexity index is 748. The first-order valence-electron chi connectivity index (χ1n) is 18.6. The van der Waals surface area contributed by atoms with Gasteiger partial charge in [-0.25, -0.2) is 0 Å². The van der Waals surface area contributed by atoms with Gasteiger partial charge < -0.3 is 9.84 Å². The molecule has 1 unspecified atom stereocenters. The Labute approximate surface area is 272 Å². The Morgan fingerprint density at radius 3 is 1.41 bits per heavy atom. The molecule has 0 saturated carbocycles. The molecule has 0 aliphatic heterocycles. The maximum absolute atomic E-state index is 12.5. The fourth-order valence-electron chi connectivity index (χ4n) is 5.28. The lowest BCUT2D eigenvalue weighted by molar-refractivity contribution is -0.150. The first kappa shape index (κ1) is 41.9. The van der Waals surface area contributed by atoms with Gasteiger partial charge in [0.15, 0.2) is 0 Å². The Morgan fingerprint density at radius 1 is 0.500 bits per heavy atom. The zero-order valence-electron chi connectivity index (χ0n) is 29.0. The third kappa shape index (κ3) is 34.4. The second-order valence-electron chi connectivity index (χ2n) is 12.4. The monoisotopic (exact) mass is 615 g/mol. The lowest BCUT2D eigenvalue weighted by atomic mass is 10.0. The van der Waals surface area contributed by atoms with E-state index in [0.717, 1.165) is 70.6 Å². The van der Waals surface area contributed by atoms with Crippen molar-refractivity contribution in [3.8, 4) is 0 Å². The molecule has 0 aliphatic rings. The molecule has 254 valence electrons. The van der Waals surface area contributed by atoms with Crippen LogP contribution in [0.1, 0.15) is 187 Å². The highest BCUT2D eigenvalue weighted by molar-refractivity contribution is 5.69. The summed E-state index contributed by atoms with van der Waals surface area (Å²) in [5, 5.41) is 8.92. The van der Waals surface area contributed by atoms with E-state index < -0.39 is 5.97 Å². The summed E-state index contributed by atoms with van der Waals surface area (Å²) >= 11 is 0. The molecule has 0 fully saturated rings. The van der Waals surface area contributed by atoms with Gasteiger partial charge in [0, 0.05) is 12.8 Å². The summed E-state index contributed by atoms with van der Waals surface area (Å²) in [5.74, 6) is -0.836. The van der Waals surface area contributed by atoms with Crippen molar-refractivity contribution in [3.63, 3.8) is 0 Å². The normalized spacial score (nSPS) is 12.8. The zero-order valence-corrected chi connectivity index (χ0v) is 29.0. The number of esters is 1.